The molecule has 1 atom stereocenters. The Hall–Kier alpha value is -1.06. The van der Waals surface area contributed by atoms with Gasteiger partial charge in [-0.3, -0.25) is 9.59 Å². The normalized spacial score (nSPS) is 12.2. The molecule has 0 fully saturated rings. The predicted molar refractivity (Wildman–Crippen MR) is 46.3 cm³/mol. The van der Waals surface area contributed by atoms with E-state index >= 15 is 0 Å². The van der Waals surface area contributed by atoms with Crippen LogP contribution in [0.15, 0.2) is 0 Å². The Balaban J connectivity index is 3.50. The number of nitrogens with one attached hydrogen (secondary N) is 1. The van der Waals surface area contributed by atoms with Crippen molar-refractivity contribution in [3.8, 4) is 0 Å². The van der Waals surface area contributed by atoms with E-state index in [0.717, 1.165) is 6.42 Å². The molecule has 70 valence electrons. The molecule has 0 heterocycles. The van der Waals surface area contributed by atoms with Gasteiger partial charge in [0.2, 0.25) is 11.8 Å². The summed E-state index contributed by atoms with van der Waals surface area (Å²) in [6, 6.07) is 0. The standard InChI is InChI=1S/C8H16N2O2/c1-3-6(2)8(12)10-5-4-7(9)11/h6H,3-5H2,1-2H3,(H2,9,11)(H,10,12). The predicted octanol–water partition coefficient (Wildman–Crippen LogP) is 0.0241. The summed E-state index contributed by atoms with van der Waals surface area (Å²) in [7, 11) is 0. The summed E-state index contributed by atoms with van der Waals surface area (Å²) in [6.07, 6.45) is 1.02. The third kappa shape index (κ3) is 4.71. The Morgan fingerprint density at radius 1 is 1.50 bits per heavy atom. The van der Waals surface area contributed by atoms with E-state index in [0.29, 0.717) is 6.54 Å². The van der Waals surface area contributed by atoms with Crippen LogP contribution in [0.25, 0.3) is 0 Å². The summed E-state index contributed by atoms with van der Waals surface area (Å²) in [5, 5.41) is 2.62. The Morgan fingerprint density at radius 2 is 2.08 bits per heavy atom. The molecular formula is C8H16N2O2. The summed E-state index contributed by atoms with van der Waals surface area (Å²) in [6.45, 7) is 4.14. The van der Waals surface area contributed by atoms with Crippen LogP contribution in [0.5, 0.6) is 0 Å². The van der Waals surface area contributed by atoms with Crippen LogP contribution in [0.3, 0.4) is 0 Å². The zero-order valence-electron chi connectivity index (χ0n) is 7.59. The quantitative estimate of drug-likeness (QED) is 0.613. The first-order valence-corrected chi connectivity index (χ1v) is 4.14. The highest BCUT2D eigenvalue weighted by molar-refractivity contribution is 5.79. The number of hydrogen-bond donors (Lipinski definition) is 2. The molecule has 0 radical (unpaired) electrons. The van der Waals surface area contributed by atoms with Gasteiger partial charge in [0.15, 0.2) is 0 Å². The molecule has 0 rings (SSSR count). The van der Waals surface area contributed by atoms with Gasteiger partial charge < -0.3 is 11.1 Å². The van der Waals surface area contributed by atoms with Crippen LogP contribution >= 0.6 is 0 Å². The van der Waals surface area contributed by atoms with Gasteiger partial charge in [0.05, 0.1) is 0 Å². The molecule has 4 nitrogen and oxygen atoms in total. The molecule has 0 aromatic carbocycles. The number of rotatable bonds is 5. The molecule has 0 saturated heterocycles. The van der Waals surface area contributed by atoms with E-state index in [1.807, 2.05) is 13.8 Å². The van der Waals surface area contributed by atoms with E-state index in [2.05, 4.69) is 5.32 Å². The maximum absolute atomic E-state index is 11.1. The van der Waals surface area contributed by atoms with Crippen LogP contribution in [-0.4, -0.2) is 18.4 Å². The zero-order chi connectivity index (χ0) is 9.56. The number of carbonyl (C=O) groups excluding carboxylic acids is 2. The van der Waals surface area contributed by atoms with Crippen LogP contribution in [0.2, 0.25) is 0 Å². The van der Waals surface area contributed by atoms with Crippen molar-refractivity contribution in [2.24, 2.45) is 11.7 Å². The van der Waals surface area contributed by atoms with E-state index in [1.165, 1.54) is 0 Å². The average Bonchev–Trinajstić information content (AvgIpc) is 2.02. The number of carbonyl (C=O) groups is 2. The number of amides is 2. The highest BCUT2D eigenvalue weighted by atomic mass is 16.2. The second kappa shape index (κ2) is 5.57. The van der Waals surface area contributed by atoms with E-state index in [9.17, 15) is 9.59 Å². The fraction of sp³-hybridized carbons (Fsp3) is 0.750. The van der Waals surface area contributed by atoms with Gasteiger partial charge in [-0.25, -0.2) is 0 Å². The Morgan fingerprint density at radius 3 is 2.50 bits per heavy atom. The zero-order valence-corrected chi connectivity index (χ0v) is 7.59. The van der Waals surface area contributed by atoms with Crippen molar-refractivity contribution in [3.63, 3.8) is 0 Å². The fourth-order valence-corrected chi connectivity index (χ4v) is 0.669. The van der Waals surface area contributed by atoms with Crippen LogP contribution in [0.1, 0.15) is 26.7 Å². The van der Waals surface area contributed by atoms with Crippen molar-refractivity contribution in [2.45, 2.75) is 26.7 Å². The summed E-state index contributed by atoms with van der Waals surface area (Å²) in [5.41, 5.74) is 4.90. The van der Waals surface area contributed by atoms with E-state index in [4.69, 9.17) is 5.73 Å². The number of hydrogen-bond acceptors (Lipinski definition) is 2. The van der Waals surface area contributed by atoms with Gasteiger partial charge in [-0.1, -0.05) is 13.8 Å². The molecule has 0 aromatic heterocycles. The lowest BCUT2D eigenvalue weighted by Crippen LogP contribution is -2.31. The Bertz CT molecular complexity index is 168. The summed E-state index contributed by atoms with van der Waals surface area (Å²) in [5.74, 6) is -0.393. The monoisotopic (exact) mass is 172 g/mol. The Kier molecular flexibility index (Phi) is 5.08. The van der Waals surface area contributed by atoms with Crippen molar-refractivity contribution in [1.29, 1.82) is 0 Å². The van der Waals surface area contributed by atoms with Gasteiger partial charge in [-0.05, 0) is 6.42 Å². The van der Waals surface area contributed by atoms with Gasteiger partial charge in [0.1, 0.15) is 0 Å². The molecule has 12 heavy (non-hydrogen) atoms. The molecule has 1 unspecified atom stereocenters. The largest absolute Gasteiger partial charge is 0.370 e. The fourth-order valence-electron chi connectivity index (χ4n) is 0.669. The lowest BCUT2D eigenvalue weighted by atomic mass is 10.1. The third-order valence-corrected chi connectivity index (χ3v) is 1.73. The van der Waals surface area contributed by atoms with Crippen LogP contribution in [0.4, 0.5) is 0 Å². The lowest BCUT2D eigenvalue weighted by Gasteiger charge is -2.08. The molecular weight excluding hydrogens is 156 g/mol. The second-order valence-corrected chi connectivity index (χ2v) is 2.82. The van der Waals surface area contributed by atoms with E-state index in [1.54, 1.807) is 0 Å². The molecule has 0 aliphatic rings. The van der Waals surface area contributed by atoms with Gasteiger partial charge in [0, 0.05) is 18.9 Å². The second-order valence-electron chi connectivity index (χ2n) is 2.82. The summed E-state index contributed by atoms with van der Waals surface area (Å²) < 4.78 is 0. The molecule has 4 heteroatoms. The average molecular weight is 172 g/mol. The van der Waals surface area contributed by atoms with Crippen molar-refractivity contribution in [1.82, 2.24) is 5.32 Å². The first kappa shape index (κ1) is 10.9. The van der Waals surface area contributed by atoms with Crippen LogP contribution in [-0.2, 0) is 9.59 Å². The minimum atomic E-state index is -0.389. The molecule has 0 aliphatic heterocycles. The van der Waals surface area contributed by atoms with Crippen molar-refractivity contribution in [3.05, 3.63) is 0 Å². The topological polar surface area (TPSA) is 72.2 Å². The highest BCUT2D eigenvalue weighted by Crippen LogP contribution is 1.98. The molecule has 0 spiro atoms. The molecule has 2 amide bonds. The van der Waals surface area contributed by atoms with Gasteiger partial charge in [0.25, 0.3) is 0 Å². The molecule has 0 saturated carbocycles. The third-order valence-electron chi connectivity index (χ3n) is 1.73. The first-order chi connectivity index (χ1) is 5.57. The molecule has 0 aliphatic carbocycles. The van der Waals surface area contributed by atoms with Crippen molar-refractivity contribution >= 4 is 11.8 Å². The molecule has 0 bridgehead atoms. The maximum atomic E-state index is 11.1. The maximum Gasteiger partial charge on any atom is 0.222 e. The van der Waals surface area contributed by atoms with Crippen LogP contribution in [0, 0.1) is 5.92 Å². The highest BCUT2D eigenvalue weighted by Gasteiger charge is 2.08. The summed E-state index contributed by atoms with van der Waals surface area (Å²) >= 11 is 0. The SMILES string of the molecule is CCC(C)C(=O)NCCC(N)=O. The van der Waals surface area contributed by atoms with Crippen molar-refractivity contribution in [2.75, 3.05) is 6.54 Å². The minimum absolute atomic E-state index is 0.0119. The van der Waals surface area contributed by atoms with Gasteiger partial charge in [-0.2, -0.15) is 0 Å². The van der Waals surface area contributed by atoms with E-state index < -0.39 is 0 Å². The molecule has 0 aromatic rings. The molecule has 3 N–H and O–H groups in total. The van der Waals surface area contributed by atoms with E-state index in [-0.39, 0.29) is 24.2 Å². The summed E-state index contributed by atoms with van der Waals surface area (Å²) in [4.78, 5) is 21.4. The number of nitrogens with two attached hydrogens (primary N) is 1. The first-order valence-electron chi connectivity index (χ1n) is 4.14. The van der Waals surface area contributed by atoms with Crippen molar-refractivity contribution < 1.29 is 9.59 Å². The lowest BCUT2D eigenvalue weighted by molar-refractivity contribution is -0.124. The van der Waals surface area contributed by atoms with Gasteiger partial charge >= 0.3 is 0 Å². The minimum Gasteiger partial charge on any atom is -0.370 e. The smallest absolute Gasteiger partial charge is 0.222 e. The van der Waals surface area contributed by atoms with Crippen LogP contribution < -0.4 is 11.1 Å². The Labute approximate surface area is 72.5 Å². The van der Waals surface area contributed by atoms with Gasteiger partial charge in [-0.15, -0.1) is 0 Å². The number of primary amides is 1.